The van der Waals surface area contributed by atoms with E-state index in [0.29, 0.717) is 12.8 Å². The Bertz CT molecular complexity index is 1200. The van der Waals surface area contributed by atoms with Gasteiger partial charge in [-0.05, 0) is 29.2 Å². The molecule has 3 aromatic carbocycles. The van der Waals surface area contributed by atoms with Gasteiger partial charge in [0.15, 0.2) is 0 Å². The molecule has 0 saturated heterocycles. The fraction of sp³-hybridized carbons (Fsp3) is 0.185. The maximum atomic E-state index is 12.8. The number of hydrogen-bond donors (Lipinski definition) is 2. The van der Waals surface area contributed by atoms with Crippen molar-refractivity contribution in [2.75, 3.05) is 7.11 Å². The van der Waals surface area contributed by atoms with Gasteiger partial charge in [-0.25, -0.2) is 4.79 Å². The van der Waals surface area contributed by atoms with Crippen LogP contribution in [0.4, 0.5) is 0 Å². The Morgan fingerprint density at radius 2 is 1.56 bits per heavy atom. The zero-order chi connectivity index (χ0) is 22.3. The van der Waals surface area contributed by atoms with Gasteiger partial charge in [-0.1, -0.05) is 78.9 Å². The van der Waals surface area contributed by atoms with Crippen LogP contribution in [0.5, 0.6) is 0 Å². The van der Waals surface area contributed by atoms with E-state index in [9.17, 15) is 9.59 Å². The summed E-state index contributed by atoms with van der Waals surface area (Å²) in [5.41, 5.74) is 5.20. The fourth-order valence-corrected chi connectivity index (χ4v) is 4.00. The van der Waals surface area contributed by atoms with E-state index in [2.05, 4.69) is 28.5 Å². The van der Waals surface area contributed by atoms with Crippen molar-refractivity contribution in [2.24, 2.45) is 0 Å². The first kappa shape index (κ1) is 21.4. The Hall–Kier alpha value is -3.86. The number of aromatic nitrogens is 1. The number of H-pyrrole nitrogens is 1. The first-order chi connectivity index (χ1) is 15.7. The van der Waals surface area contributed by atoms with Crippen molar-refractivity contribution >= 4 is 22.8 Å². The van der Waals surface area contributed by atoms with Crippen LogP contribution in [0.1, 0.15) is 17.5 Å². The van der Waals surface area contributed by atoms with Crippen molar-refractivity contribution in [3.63, 3.8) is 0 Å². The van der Waals surface area contributed by atoms with E-state index >= 15 is 0 Å². The average molecular weight is 427 g/mol. The third-order valence-corrected chi connectivity index (χ3v) is 5.58. The SMILES string of the molecule is COC(=O)C(Cc1ccccc1)NC(=O)CCc1c(-c2ccccc2)[nH]c2ccccc12. The van der Waals surface area contributed by atoms with E-state index in [-0.39, 0.29) is 12.3 Å². The molecule has 0 aliphatic carbocycles. The summed E-state index contributed by atoms with van der Waals surface area (Å²) >= 11 is 0. The van der Waals surface area contributed by atoms with Gasteiger partial charge in [-0.15, -0.1) is 0 Å². The smallest absolute Gasteiger partial charge is 0.328 e. The van der Waals surface area contributed by atoms with Crippen molar-refractivity contribution in [1.29, 1.82) is 0 Å². The number of para-hydroxylation sites is 1. The van der Waals surface area contributed by atoms with Gasteiger partial charge in [0.25, 0.3) is 0 Å². The van der Waals surface area contributed by atoms with Gasteiger partial charge >= 0.3 is 5.97 Å². The predicted octanol–water partition coefficient (Wildman–Crippen LogP) is 4.67. The van der Waals surface area contributed by atoms with E-state index in [1.807, 2.05) is 66.7 Å². The number of esters is 1. The van der Waals surface area contributed by atoms with Crippen molar-refractivity contribution in [2.45, 2.75) is 25.3 Å². The third-order valence-electron chi connectivity index (χ3n) is 5.58. The van der Waals surface area contributed by atoms with Crippen molar-refractivity contribution in [3.8, 4) is 11.3 Å². The minimum atomic E-state index is -0.716. The summed E-state index contributed by atoms with van der Waals surface area (Å²) in [6.07, 6.45) is 1.21. The molecule has 1 amide bonds. The number of nitrogens with one attached hydrogen (secondary N) is 2. The van der Waals surface area contributed by atoms with Gasteiger partial charge < -0.3 is 15.0 Å². The molecule has 4 aromatic rings. The standard InChI is InChI=1S/C27H26N2O3/c1-32-27(31)24(18-19-10-4-2-5-11-19)28-25(30)17-16-22-21-14-8-9-15-23(21)29-26(22)20-12-6-3-7-13-20/h2-15,24,29H,16-18H2,1H3,(H,28,30). The highest BCUT2D eigenvalue weighted by Gasteiger charge is 2.22. The minimum absolute atomic E-state index is 0.180. The molecule has 0 bridgehead atoms. The molecule has 1 heterocycles. The van der Waals surface area contributed by atoms with Crippen LogP contribution < -0.4 is 5.32 Å². The number of ether oxygens (including phenoxy) is 1. The quantitative estimate of drug-likeness (QED) is 0.402. The second kappa shape index (κ2) is 9.96. The van der Waals surface area contributed by atoms with Crippen molar-refractivity contribution < 1.29 is 14.3 Å². The third kappa shape index (κ3) is 4.89. The van der Waals surface area contributed by atoms with Crippen LogP contribution in [0, 0.1) is 0 Å². The summed E-state index contributed by atoms with van der Waals surface area (Å²) in [4.78, 5) is 28.6. The lowest BCUT2D eigenvalue weighted by Gasteiger charge is -2.17. The van der Waals surface area contributed by atoms with Crippen LogP contribution in [-0.4, -0.2) is 30.0 Å². The molecule has 32 heavy (non-hydrogen) atoms. The maximum Gasteiger partial charge on any atom is 0.328 e. The van der Waals surface area contributed by atoms with E-state index in [0.717, 1.165) is 33.3 Å². The summed E-state index contributed by atoms with van der Waals surface area (Å²) in [7, 11) is 1.34. The molecule has 2 N–H and O–H groups in total. The summed E-state index contributed by atoms with van der Waals surface area (Å²) < 4.78 is 4.91. The summed E-state index contributed by atoms with van der Waals surface area (Å²) in [6.45, 7) is 0. The molecular weight excluding hydrogens is 400 g/mol. The van der Waals surface area contributed by atoms with Crippen LogP contribution in [0.25, 0.3) is 22.2 Å². The van der Waals surface area contributed by atoms with Crippen molar-refractivity contribution in [3.05, 3.63) is 96.1 Å². The number of fused-ring (bicyclic) bond motifs is 1. The summed E-state index contributed by atoms with van der Waals surface area (Å²) in [5.74, 6) is -0.625. The van der Waals surface area contributed by atoms with Crippen LogP contribution in [0.2, 0.25) is 0 Å². The molecule has 5 heteroatoms. The average Bonchev–Trinajstić information content (AvgIpc) is 3.21. The number of benzene rings is 3. The molecule has 0 spiro atoms. The molecule has 0 fully saturated rings. The minimum Gasteiger partial charge on any atom is -0.467 e. The zero-order valence-electron chi connectivity index (χ0n) is 18.0. The molecule has 0 aliphatic rings. The van der Waals surface area contributed by atoms with Crippen molar-refractivity contribution in [1.82, 2.24) is 10.3 Å². The largest absolute Gasteiger partial charge is 0.467 e. The molecule has 1 atom stereocenters. The molecule has 5 nitrogen and oxygen atoms in total. The molecular formula is C27H26N2O3. The van der Waals surface area contributed by atoms with Gasteiger partial charge in [-0.2, -0.15) is 0 Å². The second-order valence-corrected chi connectivity index (χ2v) is 7.72. The van der Waals surface area contributed by atoms with Gasteiger partial charge in [0.05, 0.1) is 7.11 Å². The van der Waals surface area contributed by atoms with E-state index in [1.54, 1.807) is 0 Å². The maximum absolute atomic E-state index is 12.8. The highest BCUT2D eigenvalue weighted by Crippen LogP contribution is 2.31. The number of rotatable bonds is 8. The van der Waals surface area contributed by atoms with Gasteiger partial charge in [0, 0.05) is 29.4 Å². The lowest BCUT2D eigenvalue weighted by atomic mass is 10.0. The zero-order valence-corrected chi connectivity index (χ0v) is 18.0. The highest BCUT2D eigenvalue weighted by molar-refractivity contribution is 5.91. The topological polar surface area (TPSA) is 71.2 Å². The summed E-state index contributed by atoms with van der Waals surface area (Å²) in [5, 5.41) is 3.97. The van der Waals surface area contributed by atoms with E-state index < -0.39 is 12.0 Å². The Kier molecular flexibility index (Phi) is 6.66. The monoisotopic (exact) mass is 426 g/mol. The van der Waals surface area contributed by atoms with Gasteiger partial charge in [0.1, 0.15) is 6.04 Å². The highest BCUT2D eigenvalue weighted by atomic mass is 16.5. The Morgan fingerprint density at radius 3 is 2.28 bits per heavy atom. The van der Waals surface area contributed by atoms with Gasteiger partial charge in [-0.3, -0.25) is 4.79 Å². The lowest BCUT2D eigenvalue weighted by Crippen LogP contribution is -2.43. The first-order valence-corrected chi connectivity index (χ1v) is 10.7. The van der Waals surface area contributed by atoms with Crippen LogP contribution in [-0.2, 0) is 27.2 Å². The lowest BCUT2D eigenvalue weighted by molar-refractivity contribution is -0.145. The Balaban J connectivity index is 1.51. The number of amides is 1. The molecule has 0 radical (unpaired) electrons. The van der Waals surface area contributed by atoms with E-state index in [4.69, 9.17) is 4.74 Å². The second-order valence-electron chi connectivity index (χ2n) is 7.72. The van der Waals surface area contributed by atoms with Gasteiger partial charge in [0.2, 0.25) is 5.91 Å². The van der Waals surface area contributed by atoms with E-state index in [1.165, 1.54) is 7.11 Å². The fourth-order valence-electron chi connectivity index (χ4n) is 4.00. The van der Waals surface area contributed by atoms with Crippen LogP contribution in [0.15, 0.2) is 84.9 Å². The molecule has 4 rings (SSSR count). The molecule has 1 unspecified atom stereocenters. The van der Waals surface area contributed by atoms with Crippen LogP contribution >= 0.6 is 0 Å². The molecule has 0 saturated carbocycles. The Labute approximate surface area is 187 Å². The summed E-state index contributed by atoms with van der Waals surface area (Å²) in [6, 6.07) is 27.1. The number of carbonyl (C=O) groups is 2. The number of hydrogen-bond acceptors (Lipinski definition) is 3. The van der Waals surface area contributed by atoms with Crippen LogP contribution in [0.3, 0.4) is 0 Å². The Morgan fingerprint density at radius 1 is 0.906 bits per heavy atom. The number of aromatic amines is 1. The number of methoxy groups -OCH3 is 1. The molecule has 162 valence electrons. The predicted molar refractivity (Wildman–Crippen MR) is 126 cm³/mol. The molecule has 1 aromatic heterocycles. The number of aryl methyl sites for hydroxylation is 1. The number of carbonyl (C=O) groups excluding carboxylic acids is 2. The first-order valence-electron chi connectivity index (χ1n) is 10.7. The normalized spacial score (nSPS) is 11.8. The molecule has 0 aliphatic heterocycles.